The van der Waals surface area contributed by atoms with E-state index in [2.05, 4.69) is 11.9 Å². The Balaban J connectivity index is 0.000000575. The molecule has 1 N–H and O–H groups in total. The number of halogens is 1. The van der Waals surface area contributed by atoms with Crippen molar-refractivity contribution in [2.45, 2.75) is 38.6 Å². The molecule has 0 fully saturated rings. The predicted molar refractivity (Wildman–Crippen MR) is 119 cm³/mol. The van der Waals surface area contributed by atoms with E-state index in [1.54, 1.807) is 10.9 Å². The first-order valence-corrected chi connectivity index (χ1v) is 10.5. The molecule has 0 saturated carbocycles. The summed E-state index contributed by atoms with van der Waals surface area (Å²) in [6, 6.07) is 17.5. The van der Waals surface area contributed by atoms with Gasteiger partial charge >= 0.3 is 5.97 Å². The number of nitrogens with zero attached hydrogens (tertiary/aromatic N) is 2. The fourth-order valence-electron chi connectivity index (χ4n) is 3.04. The first-order valence-electron chi connectivity index (χ1n) is 9.95. The maximum atomic E-state index is 11.3. The lowest BCUT2D eigenvalue weighted by Crippen LogP contribution is -2.08. The van der Waals surface area contributed by atoms with Gasteiger partial charge in [-0.25, -0.2) is 4.98 Å². The van der Waals surface area contributed by atoms with Crippen LogP contribution in [0.1, 0.15) is 59.3 Å². The highest BCUT2D eigenvalue weighted by Gasteiger charge is 2.17. The van der Waals surface area contributed by atoms with Crippen LogP contribution in [0.5, 0.6) is 0 Å². The summed E-state index contributed by atoms with van der Waals surface area (Å²) in [5, 5.41) is 9.25. The lowest BCUT2D eigenvalue weighted by molar-refractivity contribution is -0.137. The molecule has 6 heteroatoms. The number of carboxylic acid groups (broad SMARTS) is 1. The summed E-state index contributed by atoms with van der Waals surface area (Å²) in [5.74, 6) is -0.199. The van der Waals surface area contributed by atoms with Gasteiger partial charge in [-0.1, -0.05) is 67.9 Å². The van der Waals surface area contributed by atoms with Crippen molar-refractivity contribution in [2.24, 2.45) is 0 Å². The number of rotatable bonds is 9. The van der Waals surface area contributed by atoms with Gasteiger partial charge in [0.1, 0.15) is 5.69 Å². The number of alkyl halides is 1. The van der Waals surface area contributed by atoms with Crippen molar-refractivity contribution in [3.8, 4) is 0 Å². The predicted octanol–water partition coefficient (Wildman–Crippen LogP) is 5.38. The number of carbonyl (C=O) groups is 2. The van der Waals surface area contributed by atoms with Gasteiger partial charge in [-0.05, 0) is 23.1 Å². The zero-order valence-electron chi connectivity index (χ0n) is 17.1. The minimum Gasteiger partial charge on any atom is -0.481 e. The van der Waals surface area contributed by atoms with E-state index in [0.717, 1.165) is 35.3 Å². The van der Waals surface area contributed by atoms with Crippen LogP contribution in [0.3, 0.4) is 0 Å². The zero-order chi connectivity index (χ0) is 21.8. The largest absolute Gasteiger partial charge is 0.481 e. The van der Waals surface area contributed by atoms with Gasteiger partial charge in [-0.3, -0.25) is 9.59 Å². The van der Waals surface area contributed by atoms with Crippen LogP contribution >= 0.6 is 11.6 Å². The maximum absolute atomic E-state index is 11.3. The summed E-state index contributed by atoms with van der Waals surface area (Å²) in [5.41, 5.74) is 3.48. The number of carbonyl (C=O) groups excluding carboxylic acids is 1. The summed E-state index contributed by atoms with van der Waals surface area (Å²) in [7, 11) is 0. The molecule has 0 radical (unpaired) electrons. The number of unbranched alkanes of at least 4 members (excludes halogenated alkanes) is 1. The molecule has 1 aromatic heterocycles. The molecule has 1 atom stereocenters. The van der Waals surface area contributed by atoms with Gasteiger partial charge in [-0.2, -0.15) is 0 Å². The Morgan fingerprint density at radius 1 is 1.13 bits per heavy atom. The number of aliphatic carboxylic acids is 1. The van der Waals surface area contributed by atoms with Crippen molar-refractivity contribution < 1.29 is 14.7 Å². The monoisotopic (exact) mass is 426 g/mol. The molecule has 30 heavy (non-hydrogen) atoms. The second-order valence-corrected chi connectivity index (χ2v) is 7.29. The lowest BCUT2D eigenvalue weighted by atomic mass is 9.88. The minimum atomic E-state index is -0.827. The number of hydrogen-bond acceptors (Lipinski definition) is 3. The van der Waals surface area contributed by atoms with E-state index in [4.69, 9.17) is 11.6 Å². The van der Waals surface area contributed by atoms with Crippen LogP contribution in [0.2, 0.25) is 0 Å². The molecule has 2 aromatic carbocycles. The fraction of sp³-hybridized carbons (Fsp3) is 0.292. The van der Waals surface area contributed by atoms with Crippen molar-refractivity contribution >= 4 is 23.9 Å². The van der Waals surface area contributed by atoms with Crippen molar-refractivity contribution in [1.82, 2.24) is 9.55 Å². The number of aldehydes is 1. The number of aromatic nitrogens is 2. The number of benzene rings is 2. The van der Waals surface area contributed by atoms with E-state index >= 15 is 0 Å². The van der Waals surface area contributed by atoms with Crippen LogP contribution in [0, 0.1) is 0 Å². The van der Waals surface area contributed by atoms with Gasteiger partial charge in [0, 0.05) is 18.3 Å². The van der Waals surface area contributed by atoms with E-state index < -0.39 is 5.97 Å². The molecule has 1 unspecified atom stereocenters. The van der Waals surface area contributed by atoms with Gasteiger partial charge in [0.05, 0.1) is 18.9 Å². The van der Waals surface area contributed by atoms with Crippen LogP contribution in [0.4, 0.5) is 0 Å². The molecular formula is C24H27ClN2O3. The second kappa shape index (κ2) is 12.6. The molecule has 0 aliphatic carbocycles. The van der Waals surface area contributed by atoms with Crippen LogP contribution in [0.25, 0.3) is 0 Å². The van der Waals surface area contributed by atoms with E-state index in [1.165, 1.54) is 12.6 Å². The molecule has 3 aromatic rings. The van der Waals surface area contributed by atoms with Crippen molar-refractivity contribution in [2.75, 3.05) is 5.88 Å². The smallest absolute Gasteiger partial charge is 0.304 e. The summed E-state index contributed by atoms with van der Waals surface area (Å²) in [4.78, 5) is 26.2. The summed E-state index contributed by atoms with van der Waals surface area (Å²) >= 11 is 5.30. The Labute approximate surface area is 182 Å². The average Bonchev–Trinajstić information content (AvgIpc) is 3.21. The molecule has 158 valence electrons. The minimum absolute atomic E-state index is 0.0418. The van der Waals surface area contributed by atoms with Gasteiger partial charge in [-0.15, -0.1) is 11.6 Å². The van der Waals surface area contributed by atoms with Gasteiger partial charge in [0.2, 0.25) is 0 Å². The summed E-state index contributed by atoms with van der Waals surface area (Å²) < 4.78 is 1.77. The molecule has 0 spiro atoms. The fourth-order valence-corrected chi connectivity index (χ4v) is 3.30. The molecule has 3 rings (SSSR count). The third kappa shape index (κ3) is 7.16. The first kappa shape index (κ1) is 23.4. The quantitative estimate of drug-likeness (QED) is 0.368. The molecule has 0 saturated heterocycles. The van der Waals surface area contributed by atoms with E-state index in [9.17, 15) is 14.7 Å². The van der Waals surface area contributed by atoms with E-state index in [0.29, 0.717) is 12.2 Å². The van der Waals surface area contributed by atoms with E-state index in [-0.39, 0.29) is 12.3 Å². The molecule has 0 aliphatic rings. The molecule has 5 nitrogen and oxygen atoms in total. The van der Waals surface area contributed by atoms with Crippen molar-refractivity contribution in [3.05, 3.63) is 89.5 Å². The molecule has 1 heterocycles. The van der Waals surface area contributed by atoms with Crippen LogP contribution in [0.15, 0.2) is 67.1 Å². The SMILES string of the molecule is CCCCCl.O=Cc1cncn1Cc1ccc(C(CC(=O)O)c2ccccc2)cc1. The van der Waals surface area contributed by atoms with Crippen LogP contribution < -0.4 is 0 Å². The Kier molecular flexibility index (Phi) is 9.81. The zero-order valence-corrected chi connectivity index (χ0v) is 17.8. The van der Waals surface area contributed by atoms with Crippen LogP contribution in [-0.4, -0.2) is 32.8 Å². The van der Waals surface area contributed by atoms with Gasteiger partial charge < -0.3 is 9.67 Å². The number of carboxylic acids is 1. The Morgan fingerprint density at radius 3 is 2.33 bits per heavy atom. The normalized spacial score (nSPS) is 11.3. The average molecular weight is 427 g/mol. The molecule has 0 aliphatic heterocycles. The van der Waals surface area contributed by atoms with Gasteiger partial charge in [0.25, 0.3) is 0 Å². The maximum Gasteiger partial charge on any atom is 0.304 e. The van der Waals surface area contributed by atoms with Crippen molar-refractivity contribution in [3.63, 3.8) is 0 Å². The highest BCUT2D eigenvalue weighted by molar-refractivity contribution is 6.17. The highest BCUT2D eigenvalue weighted by Crippen LogP contribution is 2.28. The summed E-state index contributed by atoms with van der Waals surface area (Å²) in [6.45, 7) is 2.67. The summed E-state index contributed by atoms with van der Waals surface area (Å²) in [6.07, 6.45) is 6.33. The molecule has 0 amide bonds. The Hall–Kier alpha value is -2.92. The Bertz CT molecular complexity index is 906. The van der Waals surface area contributed by atoms with Crippen molar-refractivity contribution in [1.29, 1.82) is 0 Å². The molecular weight excluding hydrogens is 400 g/mol. The van der Waals surface area contributed by atoms with E-state index in [1.807, 2.05) is 54.6 Å². The topological polar surface area (TPSA) is 72.2 Å². The molecule has 0 bridgehead atoms. The number of hydrogen-bond donors (Lipinski definition) is 1. The Morgan fingerprint density at radius 2 is 1.80 bits per heavy atom. The third-order valence-corrected chi connectivity index (χ3v) is 4.94. The third-order valence-electron chi connectivity index (χ3n) is 4.67. The standard InChI is InChI=1S/C20H18N2O3.C4H9Cl/c23-13-18-11-21-14-22(18)12-15-6-8-17(9-7-15)19(10-20(24)25)16-4-2-1-3-5-16;1-2-3-4-5/h1-9,11,13-14,19H,10,12H2,(H,24,25);2-4H2,1H3. The first-order chi connectivity index (χ1) is 14.6. The number of imidazole rings is 1. The van der Waals surface area contributed by atoms with Gasteiger partial charge in [0.15, 0.2) is 6.29 Å². The highest BCUT2D eigenvalue weighted by atomic mass is 35.5. The second-order valence-electron chi connectivity index (χ2n) is 6.91. The van der Waals surface area contributed by atoms with Crippen LogP contribution in [-0.2, 0) is 11.3 Å². The lowest BCUT2D eigenvalue weighted by Gasteiger charge is -2.16.